The largest absolute Gasteiger partial charge is 0.417 e. The minimum atomic E-state index is -4.88. The lowest BCUT2D eigenvalue weighted by Gasteiger charge is -2.33. The second-order valence-electron chi connectivity index (χ2n) is 10.5. The van der Waals surface area contributed by atoms with Crippen molar-refractivity contribution in [3.63, 3.8) is 0 Å². The Kier molecular flexibility index (Phi) is 11.3. The van der Waals surface area contributed by atoms with Gasteiger partial charge in [0.25, 0.3) is 10.0 Å². The monoisotopic (exact) mass is 637 g/mol. The van der Waals surface area contributed by atoms with Crippen LogP contribution in [0.4, 0.5) is 18.9 Å². The highest BCUT2D eigenvalue weighted by Gasteiger charge is 2.37. The molecule has 232 valence electrons. The van der Waals surface area contributed by atoms with Crippen molar-refractivity contribution < 1.29 is 31.2 Å². The molecule has 0 aliphatic heterocycles. The molecule has 3 rings (SSSR count). The predicted octanol–water partition coefficient (Wildman–Crippen LogP) is 6.44. The summed E-state index contributed by atoms with van der Waals surface area (Å²) < 4.78 is 69.7. The number of anilines is 1. The predicted molar refractivity (Wildman–Crippen MR) is 161 cm³/mol. The molecule has 2 amide bonds. The number of sulfonamides is 1. The van der Waals surface area contributed by atoms with E-state index < -0.39 is 56.9 Å². The van der Waals surface area contributed by atoms with E-state index in [0.29, 0.717) is 16.9 Å². The van der Waals surface area contributed by atoms with Gasteiger partial charge in [-0.2, -0.15) is 13.2 Å². The highest BCUT2D eigenvalue weighted by Crippen LogP contribution is 2.38. The van der Waals surface area contributed by atoms with Gasteiger partial charge in [-0.15, -0.1) is 0 Å². The third kappa shape index (κ3) is 8.51. The third-order valence-corrected chi connectivity index (χ3v) is 8.94. The van der Waals surface area contributed by atoms with Crippen molar-refractivity contribution in [1.82, 2.24) is 10.2 Å². The standard InChI is InChI=1S/C31H35ClF3N3O4S/c1-5-28(30(40)36-18-21(2)3)37(19-23-12-10-9-11-22(23)4)29(39)20-38(43(41,42)25-13-7-6-8-14-25)24-15-16-27(32)26(17-24)31(33,34)35/h6-17,21,28H,5,18-20H2,1-4H3,(H,36,40)/t28-/m0/s1. The van der Waals surface area contributed by atoms with E-state index in [1.54, 1.807) is 25.1 Å². The van der Waals surface area contributed by atoms with Gasteiger partial charge < -0.3 is 10.2 Å². The molecule has 0 aromatic heterocycles. The van der Waals surface area contributed by atoms with Gasteiger partial charge in [0, 0.05) is 13.1 Å². The van der Waals surface area contributed by atoms with Crippen LogP contribution in [0.3, 0.4) is 0 Å². The zero-order valence-corrected chi connectivity index (χ0v) is 25.9. The smallest absolute Gasteiger partial charge is 0.354 e. The summed E-state index contributed by atoms with van der Waals surface area (Å²) in [5.74, 6) is -1.04. The minimum absolute atomic E-state index is 0.0211. The molecule has 0 aliphatic carbocycles. The highest BCUT2D eigenvalue weighted by atomic mass is 35.5. The molecule has 0 unspecified atom stereocenters. The van der Waals surface area contributed by atoms with Crippen LogP contribution >= 0.6 is 11.6 Å². The first-order valence-corrected chi connectivity index (χ1v) is 15.5. The SMILES string of the molecule is CC[C@@H](C(=O)NCC(C)C)N(Cc1ccccc1C)C(=O)CN(c1ccc(Cl)c(C(F)(F)F)c1)S(=O)(=O)c1ccccc1. The number of carbonyl (C=O) groups excluding carboxylic acids is 2. The van der Waals surface area contributed by atoms with Gasteiger partial charge in [-0.1, -0.05) is 74.8 Å². The van der Waals surface area contributed by atoms with Gasteiger partial charge in [-0.25, -0.2) is 8.42 Å². The fraction of sp³-hybridized carbons (Fsp3) is 0.355. The van der Waals surface area contributed by atoms with E-state index in [-0.39, 0.29) is 23.8 Å². The molecular formula is C31H35ClF3N3O4S. The zero-order valence-electron chi connectivity index (χ0n) is 24.4. The number of nitrogens with one attached hydrogen (secondary N) is 1. The van der Waals surface area contributed by atoms with Crippen LogP contribution in [0.25, 0.3) is 0 Å². The average molecular weight is 638 g/mol. The molecule has 0 fully saturated rings. The molecule has 3 aromatic carbocycles. The van der Waals surface area contributed by atoms with Crippen molar-refractivity contribution >= 4 is 39.1 Å². The van der Waals surface area contributed by atoms with Gasteiger partial charge in [0.1, 0.15) is 12.6 Å². The summed E-state index contributed by atoms with van der Waals surface area (Å²) >= 11 is 5.82. The molecule has 1 N–H and O–H groups in total. The molecule has 0 spiro atoms. The van der Waals surface area contributed by atoms with Crippen molar-refractivity contribution in [2.45, 2.75) is 57.8 Å². The number of alkyl halides is 3. The summed E-state index contributed by atoms with van der Waals surface area (Å²) in [7, 11) is -4.54. The molecule has 0 heterocycles. The molecule has 3 aromatic rings. The van der Waals surface area contributed by atoms with Crippen LogP contribution < -0.4 is 9.62 Å². The van der Waals surface area contributed by atoms with Gasteiger partial charge in [0.15, 0.2) is 0 Å². The van der Waals surface area contributed by atoms with Crippen LogP contribution in [0.15, 0.2) is 77.7 Å². The second-order valence-corrected chi connectivity index (χ2v) is 12.8. The van der Waals surface area contributed by atoms with Gasteiger partial charge >= 0.3 is 6.18 Å². The third-order valence-electron chi connectivity index (χ3n) is 6.83. The molecular weight excluding hydrogens is 603 g/mol. The van der Waals surface area contributed by atoms with Crippen molar-refractivity contribution in [3.8, 4) is 0 Å². The van der Waals surface area contributed by atoms with Crippen LogP contribution in [-0.4, -0.2) is 44.3 Å². The van der Waals surface area contributed by atoms with Crippen molar-refractivity contribution in [3.05, 3.63) is 94.5 Å². The summed E-state index contributed by atoms with van der Waals surface area (Å²) in [6.07, 6.45) is -4.66. The number of nitrogens with zero attached hydrogens (tertiary/aromatic N) is 2. The number of hydrogen-bond donors (Lipinski definition) is 1. The fourth-order valence-corrected chi connectivity index (χ4v) is 6.10. The van der Waals surface area contributed by atoms with Crippen LogP contribution in [0.1, 0.15) is 43.9 Å². The summed E-state index contributed by atoms with van der Waals surface area (Å²) in [5, 5.41) is 2.22. The Balaban J connectivity index is 2.13. The number of benzene rings is 3. The Morgan fingerprint density at radius 2 is 1.60 bits per heavy atom. The van der Waals surface area contributed by atoms with Gasteiger partial charge in [0.05, 0.1) is 21.2 Å². The molecule has 1 atom stereocenters. The Hall–Kier alpha value is -3.57. The first kappa shape index (κ1) is 33.9. The first-order valence-electron chi connectivity index (χ1n) is 13.7. The van der Waals surface area contributed by atoms with E-state index >= 15 is 0 Å². The average Bonchev–Trinajstić information content (AvgIpc) is 2.95. The minimum Gasteiger partial charge on any atom is -0.354 e. The molecule has 0 radical (unpaired) electrons. The second kappa shape index (κ2) is 14.3. The van der Waals surface area contributed by atoms with Gasteiger partial charge in [-0.05, 0) is 60.7 Å². The molecule has 0 saturated carbocycles. The maximum Gasteiger partial charge on any atom is 0.417 e. The van der Waals surface area contributed by atoms with E-state index in [1.807, 2.05) is 32.9 Å². The Morgan fingerprint density at radius 1 is 0.977 bits per heavy atom. The molecule has 7 nitrogen and oxygen atoms in total. The van der Waals surface area contributed by atoms with E-state index in [1.165, 1.54) is 29.2 Å². The Labute approximate surface area is 255 Å². The number of carbonyl (C=O) groups is 2. The fourth-order valence-electron chi connectivity index (χ4n) is 4.45. The Morgan fingerprint density at radius 3 is 2.19 bits per heavy atom. The number of amides is 2. The van der Waals surface area contributed by atoms with Crippen LogP contribution in [-0.2, 0) is 32.3 Å². The van der Waals surface area contributed by atoms with Crippen molar-refractivity contribution in [1.29, 1.82) is 0 Å². The van der Waals surface area contributed by atoms with Crippen LogP contribution in [0, 0.1) is 12.8 Å². The summed E-state index contributed by atoms with van der Waals surface area (Å²) in [4.78, 5) is 28.5. The zero-order chi connectivity index (χ0) is 31.9. The summed E-state index contributed by atoms with van der Waals surface area (Å²) in [6, 6.07) is 16.0. The topological polar surface area (TPSA) is 86.8 Å². The number of aryl methyl sites for hydroxylation is 1. The Bertz CT molecular complexity index is 1530. The maximum absolute atomic E-state index is 14.1. The molecule has 43 heavy (non-hydrogen) atoms. The van der Waals surface area contributed by atoms with E-state index in [0.717, 1.165) is 23.3 Å². The quantitative estimate of drug-likeness (QED) is 0.248. The van der Waals surface area contributed by atoms with Crippen LogP contribution in [0.5, 0.6) is 0 Å². The molecule has 0 aliphatic rings. The maximum atomic E-state index is 14.1. The summed E-state index contributed by atoms with van der Waals surface area (Å²) in [6.45, 7) is 6.89. The lowest BCUT2D eigenvalue weighted by molar-refractivity contribution is -0.140. The van der Waals surface area contributed by atoms with E-state index in [4.69, 9.17) is 11.6 Å². The van der Waals surface area contributed by atoms with Crippen molar-refractivity contribution in [2.24, 2.45) is 5.92 Å². The summed E-state index contributed by atoms with van der Waals surface area (Å²) in [5.41, 5.74) is -0.0704. The van der Waals surface area contributed by atoms with E-state index in [2.05, 4.69) is 5.32 Å². The number of rotatable bonds is 12. The lowest BCUT2D eigenvalue weighted by Crippen LogP contribution is -2.52. The molecule has 0 saturated heterocycles. The molecule has 12 heteroatoms. The van der Waals surface area contributed by atoms with Crippen molar-refractivity contribution in [2.75, 3.05) is 17.4 Å². The molecule has 0 bridgehead atoms. The van der Waals surface area contributed by atoms with Gasteiger partial charge in [-0.3, -0.25) is 13.9 Å². The number of halogens is 4. The van der Waals surface area contributed by atoms with Gasteiger partial charge in [0.2, 0.25) is 11.8 Å². The lowest BCUT2D eigenvalue weighted by atomic mass is 10.1. The number of hydrogen-bond acceptors (Lipinski definition) is 4. The highest BCUT2D eigenvalue weighted by molar-refractivity contribution is 7.92. The normalized spacial score (nSPS) is 12.6. The first-order chi connectivity index (χ1) is 20.2. The van der Waals surface area contributed by atoms with E-state index in [9.17, 15) is 31.2 Å². The van der Waals surface area contributed by atoms with Crippen LogP contribution in [0.2, 0.25) is 5.02 Å².